The lowest BCUT2D eigenvalue weighted by molar-refractivity contribution is -0.322. The van der Waals surface area contributed by atoms with E-state index in [0.29, 0.717) is 41.3 Å². The molecule has 3 aliphatic carbocycles. The summed E-state index contributed by atoms with van der Waals surface area (Å²) >= 11 is 5.97. The van der Waals surface area contributed by atoms with Crippen molar-refractivity contribution in [3.05, 3.63) is 41.2 Å². The quantitative estimate of drug-likeness (QED) is 0.520. The van der Waals surface area contributed by atoms with E-state index < -0.39 is 25.2 Å². The first-order valence-electron chi connectivity index (χ1n) is 10.5. The summed E-state index contributed by atoms with van der Waals surface area (Å²) in [4.78, 5) is 12.8. The van der Waals surface area contributed by atoms with Crippen molar-refractivity contribution in [3.63, 3.8) is 0 Å². The number of rotatable bonds is 7. The fourth-order valence-electron chi connectivity index (χ4n) is 5.07. The number of hydrogen-bond acceptors (Lipinski definition) is 6. The van der Waals surface area contributed by atoms with Crippen molar-refractivity contribution in [2.24, 2.45) is 0 Å². The zero-order chi connectivity index (χ0) is 23.4. The Balaban J connectivity index is 1.12. The molecule has 2 heterocycles. The van der Waals surface area contributed by atoms with Gasteiger partial charge in [0.2, 0.25) is 0 Å². The normalized spacial score (nSPS) is 29.8. The molecular formula is C21H22ClF3N4O4. The molecule has 0 spiro atoms. The molecule has 6 rings (SSSR count). The SMILES string of the molecule is O=C(NC12CC(n3cc(NCCOC(F)(F)F)cn3)(C1)C2)[C@H]1C[C@@H](O)c2cc(Cl)ccc2O1. The summed E-state index contributed by atoms with van der Waals surface area (Å²) in [5, 5.41) is 21.1. The van der Waals surface area contributed by atoms with Crippen molar-refractivity contribution in [2.45, 2.75) is 55.3 Å². The van der Waals surface area contributed by atoms with Gasteiger partial charge in [-0.15, -0.1) is 13.2 Å². The van der Waals surface area contributed by atoms with Crippen molar-refractivity contribution >= 4 is 23.2 Å². The molecule has 3 fully saturated rings. The Hall–Kier alpha value is -2.50. The second kappa shape index (κ2) is 7.78. The van der Waals surface area contributed by atoms with Crippen LogP contribution in [0.2, 0.25) is 5.02 Å². The Kier molecular flexibility index (Phi) is 5.26. The van der Waals surface area contributed by atoms with Gasteiger partial charge in [0.1, 0.15) is 5.75 Å². The molecule has 33 heavy (non-hydrogen) atoms. The van der Waals surface area contributed by atoms with E-state index in [2.05, 4.69) is 20.5 Å². The minimum absolute atomic E-state index is 0.000766. The van der Waals surface area contributed by atoms with Gasteiger partial charge >= 0.3 is 6.36 Å². The van der Waals surface area contributed by atoms with Crippen LogP contribution in [-0.2, 0) is 15.1 Å². The van der Waals surface area contributed by atoms with Crippen molar-refractivity contribution in [3.8, 4) is 5.75 Å². The highest BCUT2D eigenvalue weighted by Gasteiger charge is 2.70. The maximum absolute atomic E-state index is 12.8. The van der Waals surface area contributed by atoms with E-state index in [9.17, 15) is 23.1 Å². The van der Waals surface area contributed by atoms with Crippen molar-refractivity contribution in [1.29, 1.82) is 0 Å². The van der Waals surface area contributed by atoms with E-state index >= 15 is 0 Å². The maximum Gasteiger partial charge on any atom is 0.522 e. The number of ether oxygens (including phenoxy) is 2. The van der Waals surface area contributed by atoms with Crippen LogP contribution < -0.4 is 15.4 Å². The minimum atomic E-state index is -4.64. The highest BCUT2D eigenvalue weighted by molar-refractivity contribution is 6.30. The minimum Gasteiger partial charge on any atom is -0.480 e. The number of aliphatic hydroxyl groups excluding tert-OH is 1. The predicted octanol–water partition coefficient (Wildman–Crippen LogP) is 3.12. The lowest BCUT2D eigenvalue weighted by atomic mass is 9.44. The van der Waals surface area contributed by atoms with Crippen LogP contribution in [0.1, 0.15) is 37.4 Å². The zero-order valence-electron chi connectivity index (χ0n) is 17.4. The molecule has 2 aromatic rings. The van der Waals surface area contributed by atoms with Crippen LogP contribution in [0.4, 0.5) is 18.9 Å². The lowest BCUT2D eigenvalue weighted by Gasteiger charge is -2.70. The number of aliphatic hydroxyl groups is 1. The van der Waals surface area contributed by atoms with Gasteiger partial charge in [-0.25, -0.2) is 0 Å². The third kappa shape index (κ3) is 4.24. The average Bonchev–Trinajstić information content (AvgIpc) is 3.15. The number of alkyl halides is 3. The third-order valence-corrected chi connectivity index (χ3v) is 6.72. The van der Waals surface area contributed by atoms with Gasteiger partial charge in [-0.3, -0.25) is 14.2 Å². The predicted molar refractivity (Wildman–Crippen MR) is 111 cm³/mol. The van der Waals surface area contributed by atoms with Crippen LogP contribution in [0, 0.1) is 0 Å². The molecule has 1 aliphatic heterocycles. The van der Waals surface area contributed by atoms with Crippen LogP contribution in [0.15, 0.2) is 30.6 Å². The Labute approximate surface area is 192 Å². The van der Waals surface area contributed by atoms with Crippen LogP contribution >= 0.6 is 11.6 Å². The Morgan fingerprint density at radius 1 is 1.36 bits per heavy atom. The highest BCUT2D eigenvalue weighted by atomic mass is 35.5. The molecule has 1 amide bonds. The van der Waals surface area contributed by atoms with Gasteiger partial charge in [-0.2, -0.15) is 5.10 Å². The summed E-state index contributed by atoms with van der Waals surface area (Å²) < 4.78 is 47.4. The van der Waals surface area contributed by atoms with Crippen LogP contribution in [0.3, 0.4) is 0 Å². The van der Waals surface area contributed by atoms with Crippen LogP contribution in [0.25, 0.3) is 0 Å². The van der Waals surface area contributed by atoms with E-state index in [-0.39, 0.29) is 30.0 Å². The second-order valence-electron chi connectivity index (χ2n) is 8.96. The Bertz CT molecular complexity index is 1060. The third-order valence-electron chi connectivity index (χ3n) is 6.49. The number of halogens is 4. The summed E-state index contributed by atoms with van der Waals surface area (Å²) in [7, 11) is 0. The first-order valence-corrected chi connectivity index (χ1v) is 10.9. The molecule has 1 aromatic carbocycles. The number of anilines is 1. The monoisotopic (exact) mass is 486 g/mol. The summed E-state index contributed by atoms with van der Waals surface area (Å²) in [6.07, 6.45) is -0.720. The standard InChI is InChI=1S/C21H22ClF3N4O4/c22-12-1-2-16-14(5-12)15(30)6-17(33-16)18(31)28-19-9-20(10-19,11-19)29-8-13(7-27-29)26-3-4-32-21(23,24)25/h1-2,5,7-8,15,17,26,30H,3-4,6,9-11H2,(H,28,31)/t15-,17-,19?,20?/m1/s1. The number of fused-ring (bicyclic) bond motifs is 1. The van der Waals surface area contributed by atoms with Gasteiger partial charge in [0, 0.05) is 35.3 Å². The van der Waals surface area contributed by atoms with Crippen molar-refractivity contribution < 1.29 is 32.5 Å². The Morgan fingerprint density at radius 3 is 2.85 bits per heavy atom. The number of aromatic nitrogens is 2. The highest BCUT2D eigenvalue weighted by Crippen LogP contribution is 2.65. The lowest BCUT2D eigenvalue weighted by Crippen LogP contribution is -2.79. The number of nitrogens with zero attached hydrogens (tertiary/aromatic N) is 2. The average molecular weight is 487 g/mol. The number of nitrogens with one attached hydrogen (secondary N) is 2. The van der Waals surface area contributed by atoms with E-state index in [4.69, 9.17) is 16.3 Å². The van der Waals surface area contributed by atoms with Gasteiger partial charge in [0.25, 0.3) is 5.91 Å². The number of amides is 1. The number of hydrogen-bond donors (Lipinski definition) is 3. The first kappa shape index (κ1) is 22.3. The van der Waals surface area contributed by atoms with Gasteiger partial charge in [-0.1, -0.05) is 11.6 Å². The summed E-state index contributed by atoms with van der Waals surface area (Å²) in [5.74, 6) is 0.181. The molecular weight excluding hydrogens is 465 g/mol. The van der Waals surface area contributed by atoms with Crippen LogP contribution in [-0.4, -0.2) is 52.0 Å². The smallest absolute Gasteiger partial charge is 0.480 e. The van der Waals surface area contributed by atoms with Gasteiger partial charge in [0.05, 0.1) is 30.1 Å². The molecule has 0 saturated heterocycles. The van der Waals surface area contributed by atoms with Gasteiger partial charge in [-0.05, 0) is 37.5 Å². The molecule has 8 nitrogen and oxygen atoms in total. The molecule has 2 bridgehead atoms. The molecule has 12 heteroatoms. The summed E-state index contributed by atoms with van der Waals surface area (Å²) in [5.41, 5.74) is 0.647. The molecule has 3 saturated carbocycles. The number of carbonyl (C=O) groups is 1. The molecule has 1 aromatic heterocycles. The molecule has 3 N–H and O–H groups in total. The second-order valence-corrected chi connectivity index (χ2v) is 9.40. The van der Waals surface area contributed by atoms with Crippen LogP contribution in [0.5, 0.6) is 5.75 Å². The maximum atomic E-state index is 12.8. The summed E-state index contributed by atoms with van der Waals surface area (Å²) in [6, 6.07) is 4.93. The topological polar surface area (TPSA) is 97.6 Å². The van der Waals surface area contributed by atoms with E-state index in [0.717, 1.165) is 0 Å². The fraction of sp³-hybridized carbons (Fsp3) is 0.524. The van der Waals surface area contributed by atoms with Gasteiger partial charge in [0.15, 0.2) is 6.10 Å². The van der Waals surface area contributed by atoms with Gasteiger partial charge < -0.3 is 20.5 Å². The molecule has 0 unspecified atom stereocenters. The molecule has 178 valence electrons. The summed E-state index contributed by atoms with van der Waals surface area (Å²) in [6.45, 7) is -0.495. The van der Waals surface area contributed by atoms with Crippen molar-refractivity contribution in [1.82, 2.24) is 15.1 Å². The number of carbonyl (C=O) groups excluding carboxylic acids is 1. The molecule has 2 atom stereocenters. The first-order chi connectivity index (χ1) is 15.6. The fourth-order valence-corrected chi connectivity index (χ4v) is 5.25. The van der Waals surface area contributed by atoms with E-state index in [1.165, 1.54) is 0 Å². The van der Waals surface area contributed by atoms with E-state index in [1.54, 1.807) is 35.3 Å². The molecule has 4 aliphatic rings. The van der Waals surface area contributed by atoms with E-state index in [1.807, 2.05) is 0 Å². The number of benzene rings is 1. The molecule has 0 radical (unpaired) electrons. The Morgan fingerprint density at radius 2 is 2.12 bits per heavy atom. The zero-order valence-corrected chi connectivity index (χ0v) is 18.1. The largest absolute Gasteiger partial charge is 0.522 e. The van der Waals surface area contributed by atoms with Crippen molar-refractivity contribution in [2.75, 3.05) is 18.5 Å².